The zero-order chi connectivity index (χ0) is 14.6. The zero-order valence-corrected chi connectivity index (χ0v) is 13.1. The van der Waals surface area contributed by atoms with Gasteiger partial charge in [-0.15, -0.1) is 15.3 Å². The average Bonchev–Trinajstić information content (AvgIpc) is 3.13. The Morgan fingerprint density at radius 1 is 1.10 bits per heavy atom. The highest BCUT2D eigenvalue weighted by atomic mass is 32.1. The molecule has 0 N–H and O–H groups in total. The highest BCUT2D eigenvalue weighted by molar-refractivity contribution is 7.23. The number of aryl methyl sites for hydroxylation is 3. The molecule has 10 heteroatoms. The Morgan fingerprint density at radius 3 is 2.62 bits per heavy atom. The summed E-state index contributed by atoms with van der Waals surface area (Å²) in [7, 11) is 1.88. The molecular formula is C11H10N8S2. The molecular weight excluding hydrogens is 308 g/mol. The molecule has 0 aromatic carbocycles. The van der Waals surface area contributed by atoms with E-state index in [0.29, 0.717) is 5.82 Å². The fourth-order valence-electron chi connectivity index (χ4n) is 2.12. The van der Waals surface area contributed by atoms with Crippen molar-refractivity contribution in [2.24, 2.45) is 7.05 Å². The molecule has 0 saturated carbocycles. The van der Waals surface area contributed by atoms with Crippen molar-refractivity contribution >= 4 is 27.8 Å². The second-order valence-electron chi connectivity index (χ2n) is 4.61. The van der Waals surface area contributed by atoms with Gasteiger partial charge < -0.3 is 0 Å². The molecule has 106 valence electrons. The van der Waals surface area contributed by atoms with Crippen LogP contribution in [-0.4, -0.2) is 39.2 Å². The van der Waals surface area contributed by atoms with Crippen molar-refractivity contribution in [1.82, 2.24) is 39.2 Å². The Hall–Kier alpha value is -2.20. The molecule has 4 aromatic rings. The zero-order valence-electron chi connectivity index (χ0n) is 11.5. The summed E-state index contributed by atoms with van der Waals surface area (Å²) in [6.07, 6.45) is 0. The highest BCUT2D eigenvalue weighted by Crippen LogP contribution is 2.31. The van der Waals surface area contributed by atoms with Crippen LogP contribution in [-0.2, 0) is 7.05 Å². The Balaban J connectivity index is 1.91. The molecule has 0 atom stereocenters. The van der Waals surface area contributed by atoms with E-state index in [1.807, 2.05) is 27.0 Å². The third kappa shape index (κ3) is 1.87. The lowest BCUT2D eigenvalue weighted by Crippen LogP contribution is -1.98. The number of aromatic nitrogens is 8. The third-order valence-corrected chi connectivity index (χ3v) is 4.95. The second-order valence-corrected chi connectivity index (χ2v) is 6.32. The van der Waals surface area contributed by atoms with E-state index in [4.69, 9.17) is 0 Å². The van der Waals surface area contributed by atoms with Crippen LogP contribution in [0.4, 0.5) is 0 Å². The van der Waals surface area contributed by atoms with Crippen molar-refractivity contribution in [3.63, 3.8) is 0 Å². The van der Waals surface area contributed by atoms with Crippen molar-refractivity contribution in [1.29, 1.82) is 0 Å². The van der Waals surface area contributed by atoms with Gasteiger partial charge in [0, 0.05) is 7.05 Å². The minimum Gasteiger partial charge on any atom is -0.264 e. The van der Waals surface area contributed by atoms with Gasteiger partial charge in [0.05, 0.1) is 11.4 Å². The number of fused-ring (bicyclic) bond motifs is 1. The summed E-state index contributed by atoms with van der Waals surface area (Å²) in [5.41, 5.74) is 2.70. The first-order valence-corrected chi connectivity index (χ1v) is 7.75. The largest absolute Gasteiger partial charge is 0.264 e. The van der Waals surface area contributed by atoms with Crippen LogP contribution in [0, 0.1) is 13.8 Å². The summed E-state index contributed by atoms with van der Waals surface area (Å²) in [5.74, 6) is 0.686. The van der Waals surface area contributed by atoms with E-state index in [0.717, 1.165) is 31.9 Å². The molecule has 8 nitrogen and oxygen atoms in total. The molecule has 0 unspecified atom stereocenters. The van der Waals surface area contributed by atoms with Crippen LogP contribution >= 0.6 is 22.9 Å². The Kier molecular flexibility index (Phi) is 2.62. The van der Waals surface area contributed by atoms with Gasteiger partial charge in [0.1, 0.15) is 10.6 Å². The van der Waals surface area contributed by atoms with Gasteiger partial charge >= 0.3 is 0 Å². The van der Waals surface area contributed by atoms with Crippen molar-refractivity contribution in [2.45, 2.75) is 13.8 Å². The van der Waals surface area contributed by atoms with Gasteiger partial charge in [-0.25, -0.2) is 0 Å². The van der Waals surface area contributed by atoms with Crippen molar-refractivity contribution in [3.05, 3.63) is 17.5 Å². The van der Waals surface area contributed by atoms with E-state index in [1.54, 1.807) is 9.20 Å². The summed E-state index contributed by atoms with van der Waals surface area (Å²) in [4.78, 5) is 1.71. The van der Waals surface area contributed by atoms with Gasteiger partial charge in [-0.2, -0.15) is 14.7 Å². The molecule has 0 bridgehead atoms. The highest BCUT2D eigenvalue weighted by Gasteiger charge is 2.19. The summed E-state index contributed by atoms with van der Waals surface area (Å²) >= 11 is 2.81. The van der Waals surface area contributed by atoms with Crippen LogP contribution in [0.1, 0.15) is 11.4 Å². The standard InChI is InChI=1S/C11H10N8S2/c1-5-4-7(18(3)15-5)9-13-14-11-19(9)16-10(20-11)8-6(2)12-17-21-8/h4H,1-3H3. The van der Waals surface area contributed by atoms with E-state index in [1.165, 1.54) is 22.9 Å². The predicted octanol–water partition coefficient (Wildman–Crippen LogP) is 1.72. The monoisotopic (exact) mass is 318 g/mol. The van der Waals surface area contributed by atoms with Gasteiger partial charge in [0.15, 0.2) is 5.01 Å². The predicted molar refractivity (Wildman–Crippen MR) is 79.2 cm³/mol. The Bertz CT molecular complexity index is 943. The molecule has 0 aliphatic rings. The summed E-state index contributed by atoms with van der Waals surface area (Å²) < 4.78 is 7.48. The smallest absolute Gasteiger partial charge is 0.235 e. The Morgan fingerprint density at radius 2 is 1.95 bits per heavy atom. The fraction of sp³-hybridized carbons (Fsp3) is 0.273. The van der Waals surface area contributed by atoms with Gasteiger partial charge in [0.2, 0.25) is 10.8 Å². The van der Waals surface area contributed by atoms with Gasteiger partial charge in [-0.1, -0.05) is 15.8 Å². The quantitative estimate of drug-likeness (QED) is 0.559. The number of nitrogens with zero attached hydrogens (tertiary/aromatic N) is 8. The lowest BCUT2D eigenvalue weighted by Gasteiger charge is -1.96. The first-order valence-electron chi connectivity index (χ1n) is 6.16. The minimum atomic E-state index is 0.686. The SMILES string of the molecule is Cc1cc(-c2nnc3sc(-c4snnc4C)nn23)n(C)n1. The molecule has 4 aromatic heterocycles. The number of rotatable bonds is 2. The maximum atomic E-state index is 4.60. The number of hydrogen-bond acceptors (Lipinski definition) is 8. The van der Waals surface area contributed by atoms with Crippen molar-refractivity contribution in [3.8, 4) is 21.4 Å². The molecule has 21 heavy (non-hydrogen) atoms. The summed E-state index contributed by atoms with van der Waals surface area (Å²) in [5, 5.41) is 22.2. The van der Waals surface area contributed by atoms with Crippen LogP contribution in [0.25, 0.3) is 26.4 Å². The van der Waals surface area contributed by atoms with E-state index in [9.17, 15) is 0 Å². The van der Waals surface area contributed by atoms with E-state index in [2.05, 4.69) is 30.0 Å². The summed E-state index contributed by atoms with van der Waals surface area (Å²) in [6.45, 7) is 3.87. The molecule has 0 radical (unpaired) electrons. The molecule has 0 saturated heterocycles. The average molecular weight is 318 g/mol. The second kappa shape index (κ2) is 4.40. The van der Waals surface area contributed by atoms with Crippen LogP contribution < -0.4 is 0 Å². The molecule has 0 amide bonds. The fourth-order valence-corrected chi connectivity index (χ4v) is 3.72. The molecule has 4 rings (SSSR count). The maximum Gasteiger partial charge on any atom is 0.235 e. The molecule has 0 fully saturated rings. The lowest BCUT2D eigenvalue weighted by atomic mass is 10.3. The van der Waals surface area contributed by atoms with Crippen molar-refractivity contribution < 1.29 is 0 Å². The van der Waals surface area contributed by atoms with Gasteiger partial charge in [-0.3, -0.25) is 4.68 Å². The van der Waals surface area contributed by atoms with Crippen LogP contribution in [0.5, 0.6) is 0 Å². The molecule has 0 aliphatic heterocycles. The lowest BCUT2D eigenvalue weighted by molar-refractivity contribution is 0.754. The number of hydrogen-bond donors (Lipinski definition) is 0. The van der Waals surface area contributed by atoms with Crippen LogP contribution in [0.3, 0.4) is 0 Å². The van der Waals surface area contributed by atoms with Gasteiger partial charge in [0.25, 0.3) is 0 Å². The first kappa shape index (κ1) is 12.5. The van der Waals surface area contributed by atoms with Crippen molar-refractivity contribution in [2.75, 3.05) is 0 Å². The first-order chi connectivity index (χ1) is 10.1. The normalized spacial score (nSPS) is 11.6. The molecule has 0 aliphatic carbocycles. The minimum absolute atomic E-state index is 0.686. The molecule has 0 spiro atoms. The maximum absolute atomic E-state index is 4.60. The van der Waals surface area contributed by atoms with E-state index >= 15 is 0 Å². The third-order valence-electron chi connectivity index (χ3n) is 3.07. The van der Waals surface area contributed by atoms with E-state index in [-0.39, 0.29) is 0 Å². The van der Waals surface area contributed by atoms with Gasteiger partial charge in [-0.05, 0) is 31.4 Å². The topological polar surface area (TPSA) is 86.7 Å². The Labute approximate surface area is 127 Å². The summed E-state index contributed by atoms with van der Waals surface area (Å²) in [6, 6.07) is 1.97. The molecule has 4 heterocycles. The van der Waals surface area contributed by atoms with Crippen LogP contribution in [0.15, 0.2) is 6.07 Å². The van der Waals surface area contributed by atoms with E-state index < -0.39 is 0 Å². The van der Waals surface area contributed by atoms with Crippen LogP contribution in [0.2, 0.25) is 0 Å².